The van der Waals surface area contributed by atoms with Crippen molar-refractivity contribution in [2.45, 2.75) is 33.2 Å². The molecular weight excluding hydrogens is 406 g/mol. The number of nitrogen functional groups attached to an aromatic ring is 1. The minimum atomic E-state index is -0.633. The first-order valence-corrected chi connectivity index (χ1v) is 10.5. The van der Waals surface area contributed by atoms with E-state index in [1.54, 1.807) is 4.68 Å². The number of benzene rings is 2. The molecule has 2 aromatic carbocycles. The molecule has 1 heterocycles. The van der Waals surface area contributed by atoms with Crippen molar-refractivity contribution in [1.29, 1.82) is 0 Å². The number of primary amides is 1. The Balaban J connectivity index is 1.85. The smallest absolute Gasteiger partial charge is 0.254 e. The highest BCUT2D eigenvalue weighted by atomic mass is 16.5. The molecule has 1 aromatic heterocycles. The number of hydrogen-bond donors (Lipinski definition) is 3. The molecule has 0 spiro atoms. The summed E-state index contributed by atoms with van der Waals surface area (Å²) in [6, 6.07) is 16.6. The molecule has 0 saturated heterocycles. The Kier molecular flexibility index (Phi) is 7.14. The predicted molar refractivity (Wildman–Crippen MR) is 124 cm³/mol. The lowest BCUT2D eigenvalue weighted by atomic mass is 10.00. The third kappa shape index (κ3) is 5.26. The van der Waals surface area contributed by atoms with E-state index in [1.165, 1.54) is 6.92 Å². The molecule has 5 N–H and O–H groups in total. The van der Waals surface area contributed by atoms with Crippen LogP contribution in [0.3, 0.4) is 0 Å². The van der Waals surface area contributed by atoms with Crippen LogP contribution < -0.4 is 21.5 Å². The van der Waals surface area contributed by atoms with Gasteiger partial charge in [-0.05, 0) is 55.7 Å². The Hall–Kier alpha value is -3.81. The van der Waals surface area contributed by atoms with E-state index >= 15 is 0 Å². The SMILES string of the molecule is CC(=O)NCC[C@H](C)C(C)n1nc(-c2ccc(Oc3ccccc3)cc2)c(C(N)=O)c1N. The van der Waals surface area contributed by atoms with Gasteiger partial charge in [-0.25, -0.2) is 4.68 Å². The highest BCUT2D eigenvalue weighted by Gasteiger charge is 2.26. The van der Waals surface area contributed by atoms with Crippen molar-refractivity contribution in [3.05, 3.63) is 60.2 Å². The van der Waals surface area contributed by atoms with Gasteiger partial charge in [0.2, 0.25) is 5.91 Å². The van der Waals surface area contributed by atoms with Crippen molar-refractivity contribution in [2.75, 3.05) is 12.3 Å². The van der Waals surface area contributed by atoms with Crippen molar-refractivity contribution in [2.24, 2.45) is 11.7 Å². The zero-order valence-electron chi connectivity index (χ0n) is 18.5. The summed E-state index contributed by atoms with van der Waals surface area (Å²) >= 11 is 0. The van der Waals surface area contributed by atoms with Gasteiger partial charge in [0.1, 0.15) is 28.6 Å². The fourth-order valence-corrected chi connectivity index (χ4v) is 3.47. The molecule has 2 atom stereocenters. The molecule has 168 valence electrons. The van der Waals surface area contributed by atoms with Gasteiger partial charge < -0.3 is 21.5 Å². The zero-order valence-corrected chi connectivity index (χ0v) is 18.5. The van der Waals surface area contributed by atoms with Crippen molar-refractivity contribution >= 4 is 17.6 Å². The predicted octanol–water partition coefficient (Wildman–Crippen LogP) is 3.75. The summed E-state index contributed by atoms with van der Waals surface area (Å²) in [5.74, 6) is 1.07. The monoisotopic (exact) mass is 435 g/mol. The first-order valence-electron chi connectivity index (χ1n) is 10.5. The minimum absolute atomic E-state index is 0.0681. The van der Waals surface area contributed by atoms with Crippen molar-refractivity contribution in [1.82, 2.24) is 15.1 Å². The van der Waals surface area contributed by atoms with Gasteiger partial charge in [0, 0.05) is 19.0 Å². The third-order valence-corrected chi connectivity index (χ3v) is 5.48. The normalized spacial score (nSPS) is 12.7. The Morgan fingerprint density at radius 1 is 1.06 bits per heavy atom. The maximum Gasteiger partial charge on any atom is 0.254 e. The van der Waals surface area contributed by atoms with Crippen LogP contribution in [0, 0.1) is 5.92 Å². The number of anilines is 1. The molecule has 0 radical (unpaired) electrons. The molecule has 8 nitrogen and oxygen atoms in total. The molecule has 0 saturated carbocycles. The third-order valence-electron chi connectivity index (χ3n) is 5.48. The number of carbonyl (C=O) groups excluding carboxylic acids is 2. The minimum Gasteiger partial charge on any atom is -0.457 e. The van der Waals surface area contributed by atoms with Crippen molar-refractivity contribution < 1.29 is 14.3 Å². The molecule has 0 aliphatic carbocycles. The maximum absolute atomic E-state index is 12.2. The molecule has 3 aromatic rings. The summed E-state index contributed by atoms with van der Waals surface area (Å²) in [6.45, 7) is 6.07. The van der Waals surface area contributed by atoms with Gasteiger partial charge in [-0.1, -0.05) is 25.1 Å². The second-order valence-corrected chi connectivity index (χ2v) is 7.85. The highest BCUT2D eigenvalue weighted by Crippen LogP contribution is 2.33. The standard InChI is InChI=1S/C24H29N5O3/c1-15(13-14-27-17(3)30)16(2)29-23(25)21(24(26)31)22(28-29)18-9-11-20(12-10-18)32-19-7-5-4-6-8-19/h4-12,15-16H,13-14,25H2,1-3H3,(H2,26,31)(H,27,30)/t15-,16?/m0/s1. The molecule has 0 aliphatic rings. The second-order valence-electron chi connectivity index (χ2n) is 7.85. The van der Waals surface area contributed by atoms with E-state index in [9.17, 15) is 9.59 Å². The lowest BCUT2D eigenvalue weighted by molar-refractivity contribution is -0.119. The van der Waals surface area contributed by atoms with E-state index in [0.29, 0.717) is 23.6 Å². The van der Waals surface area contributed by atoms with Gasteiger partial charge in [0.05, 0.1) is 6.04 Å². The van der Waals surface area contributed by atoms with Gasteiger partial charge in [-0.15, -0.1) is 0 Å². The quantitative estimate of drug-likeness (QED) is 0.472. The van der Waals surface area contributed by atoms with Crippen molar-refractivity contribution in [3.8, 4) is 22.8 Å². The van der Waals surface area contributed by atoms with Gasteiger partial charge >= 0.3 is 0 Å². The molecule has 0 aliphatic heterocycles. The number of hydrogen-bond acceptors (Lipinski definition) is 5. The van der Waals surface area contributed by atoms with Crippen LogP contribution in [0.1, 0.15) is 43.6 Å². The van der Waals surface area contributed by atoms with Crippen LogP contribution in [0.15, 0.2) is 54.6 Å². The topological polar surface area (TPSA) is 125 Å². The number of ether oxygens (including phenoxy) is 1. The lowest BCUT2D eigenvalue weighted by Crippen LogP contribution is -2.25. The van der Waals surface area contributed by atoms with Crippen LogP contribution in [-0.4, -0.2) is 28.1 Å². The van der Waals surface area contributed by atoms with Crippen molar-refractivity contribution in [3.63, 3.8) is 0 Å². The number of nitrogens with one attached hydrogen (secondary N) is 1. The van der Waals surface area contributed by atoms with Gasteiger partial charge in [0.25, 0.3) is 5.91 Å². The number of aromatic nitrogens is 2. The summed E-state index contributed by atoms with van der Waals surface area (Å²) in [7, 11) is 0. The summed E-state index contributed by atoms with van der Waals surface area (Å²) in [6.07, 6.45) is 0.743. The molecule has 2 amide bonds. The van der Waals surface area contributed by atoms with Crippen LogP contribution in [0.5, 0.6) is 11.5 Å². The van der Waals surface area contributed by atoms with Gasteiger partial charge in [0.15, 0.2) is 0 Å². The summed E-state index contributed by atoms with van der Waals surface area (Å²) in [4.78, 5) is 23.3. The summed E-state index contributed by atoms with van der Waals surface area (Å²) < 4.78 is 7.47. The van der Waals surface area contributed by atoms with Crippen LogP contribution in [0.2, 0.25) is 0 Å². The number of rotatable bonds is 9. The largest absolute Gasteiger partial charge is 0.457 e. The molecule has 1 unspecified atom stereocenters. The number of amides is 2. The zero-order chi connectivity index (χ0) is 23.3. The summed E-state index contributed by atoms with van der Waals surface area (Å²) in [5, 5.41) is 7.44. The van der Waals surface area contributed by atoms with E-state index in [4.69, 9.17) is 16.2 Å². The maximum atomic E-state index is 12.2. The summed E-state index contributed by atoms with van der Waals surface area (Å²) in [5.41, 5.74) is 13.3. The molecule has 0 bridgehead atoms. The molecule has 3 rings (SSSR count). The van der Waals surface area contributed by atoms with Gasteiger partial charge in [-0.2, -0.15) is 5.10 Å². The average molecular weight is 436 g/mol. The first kappa shape index (κ1) is 22.9. The first-order chi connectivity index (χ1) is 15.3. The van der Waals surface area contributed by atoms with Gasteiger partial charge in [-0.3, -0.25) is 9.59 Å². The van der Waals surface area contributed by atoms with Crippen LogP contribution in [0.4, 0.5) is 5.82 Å². The number of carbonyl (C=O) groups is 2. The van der Waals surface area contributed by atoms with E-state index in [0.717, 1.165) is 12.2 Å². The number of para-hydroxylation sites is 1. The Bertz CT molecular complexity index is 1080. The number of nitrogens with two attached hydrogens (primary N) is 2. The Morgan fingerprint density at radius 3 is 2.28 bits per heavy atom. The van der Waals surface area contributed by atoms with Crippen LogP contribution in [-0.2, 0) is 4.79 Å². The van der Waals surface area contributed by atoms with E-state index in [-0.39, 0.29) is 29.2 Å². The lowest BCUT2D eigenvalue weighted by Gasteiger charge is -2.21. The molecule has 32 heavy (non-hydrogen) atoms. The fourth-order valence-electron chi connectivity index (χ4n) is 3.47. The van der Waals surface area contributed by atoms with E-state index in [1.807, 2.05) is 68.4 Å². The fraction of sp³-hybridized carbons (Fsp3) is 0.292. The van der Waals surface area contributed by atoms with E-state index in [2.05, 4.69) is 10.4 Å². The van der Waals surface area contributed by atoms with Crippen LogP contribution >= 0.6 is 0 Å². The molecule has 0 fully saturated rings. The number of nitrogens with zero attached hydrogens (tertiary/aromatic N) is 2. The second kappa shape index (κ2) is 10.00. The highest BCUT2D eigenvalue weighted by molar-refractivity contribution is 6.03. The Labute approximate surface area is 187 Å². The molecular formula is C24H29N5O3. The van der Waals surface area contributed by atoms with E-state index < -0.39 is 5.91 Å². The average Bonchev–Trinajstić information content (AvgIpc) is 3.11. The molecule has 8 heteroatoms. The van der Waals surface area contributed by atoms with Crippen LogP contribution in [0.25, 0.3) is 11.3 Å². The Morgan fingerprint density at radius 2 is 1.69 bits per heavy atom.